The first-order valence-electron chi connectivity index (χ1n) is 9.46. The van der Waals surface area contributed by atoms with Crippen molar-refractivity contribution < 1.29 is 4.79 Å². The number of nitrogens with zero attached hydrogens (tertiary/aromatic N) is 3. The number of para-hydroxylation sites is 2. The van der Waals surface area contributed by atoms with Gasteiger partial charge in [0.05, 0.1) is 11.2 Å². The Morgan fingerprint density at radius 1 is 0.862 bits per heavy atom. The lowest BCUT2D eigenvalue weighted by Gasteiger charge is -2.13. The molecule has 29 heavy (non-hydrogen) atoms. The summed E-state index contributed by atoms with van der Waals surface area (Å²) in [5.41, 5.74) is 3.79. The number of anilines is 3. The Kier molecular flexibility index (Phi) is 5.16. The summed E-state index contributed by atoms with van der Waals surface area (Å²) in [6.07, 6.45) is 1.70. The van der Waals surface area contributed by atoms with E-state index in [1.165, 1.54) is 5.56 Å². The lowest BCUT2D eigenvalue weighted by Crippen LogP contribution is -2.15. The highest BCUT2D eigenvalue weighted by atomic mass is 16.1. The molecule has 6 heteroatoms. The van der Waals surface area contributed by atoms with Crippen molar-refractivity contribution in [3.8, 4) is 0 Å². The standard InChI is InChI=1S/C23H21N5O/c1-15(2)17-9-3-4-10-18(17)25-21-13-12-20(27-28-21)23(29)26-19-11-5-7-16-8-6-14-24-22(16)19/h3-15H,1-2H3,(H,25,28)(H,26,29). The summed E-state index contributed by atoms with van der Waals surface area (Å²) in [5.74, 6) is 0.636. The summed E-state index contributed by atoms with van der Waals surface area (Å²) in [5, 5.41) is 15.3. The van der Waals surface area contributed by atoms with Crippen LogP contribution in [-0.2, 0) is 0 Å². The van der Waals surface area contributed by atoms with Gasteiger partial charge in [-0.1, -0.05) is 50.2 Å². The van der Waals surface area contributed by atoms with Crippen molar-refractivity contribution in [2.24, 2.45) is 0 Å². The number of nitrogens with one attached hydrogen (secondary N) is 2. The molecule has 0 aliphatic rings. The first-order valence-corrected chi connectivity index (χ1v) is 9.46. The van der Waals surface area contributed by atoms with E-state index in [1.807, 2.05) is 48.5 Å². The van der Waals surface area contributed by atoms with Crippen molar-refractivity contribution in [3.63, 3.8) is 0 Å². The summed E-state index contributed by atoms with van der Waals surface area (Å²) in [4.78, 5) is 17.0. The average molecular weight is 383 g/mol. The Labute approximate surface area is 169 Å². The Morgan fingerprint density at radius 3 is 2.45 bits per heavy atom. The molecule has 2 heterocycles. The van der Waals surface area contributed by atoms with Crippen LogP contribution in [-0.4, -0.2) is 21.1 Å². The molecule has 2 N–H and O–H groups in total. The Bertz CT molecular complexity index is 1150. The van der Waals surface area contributed by atoms with Gasteiger partial charge in [-0.05, 0) is 41.8 Å². The minimum atomic E-state index is -0.329. The molecule has 0 fully saturated rings. The summed E-state index contributed by atoms with van der Waals surface area (Å²) < 4.78 is 0. The number of carbonyl (C=O) groups excluding carboxylic acids is 1. The minimum absolute atomic E-state index is 0.237. The molecule has 0 saturated carbocycles. The molecule has 2 aromatic heterocycles. The lowest BCUT2D eigenvalue weighted by atomic mass is 10.0. The maximum absolute atomic E-state index is 12.6. The zero-order chi connectivity index (χ0) is 20.2. The fourth-order valence-electron chi connectivity index (χ4n) is 3.16. The minimum Gasteiger partial charge on any atom is -0.338 e. The van der Waals surface area contributed by atoms with E-state index < -0.39 is 0 Å². The zero-order valence-corrected chi connectivity index (χ0v) is 16.3. The van der Waals surface area contributed by atoms with Crippen LogP contribution in [0.25, 0.3) is 10.9 Å². The number of hydrogen-bond acceptors (Lipinski definition) is 5. The first kappa shape index (κ1) is 18.6. The number of pyridine rings is 1. The predicted molar refractivity (Wildman–Crippen MR) is 116 cm³/mol. The topological polar surface area (TPSA) is 79.8 Å². The van der Waals surface area contributed by atoms with E-state index in [1.54, 1.807) is 18.3 Å². The van der Waals surface area contributed by atoms with E-state index in [9.17, 15) is 4.79 Å². The molecule has 4 aromatic rings. The Morgan fingerprint density at radius 2 is 1.66 bits per heavy atom. The van der Waals surface area contributed by atoms with Gasteiger partial charge in [-0.2, -0.15) is 0 Å². The van der Waals surface area contributed by atoms with Crippen molar-refractivity contribution in [3.05, 3.63) is 84.2 Å². The highest BCUT2D eigenvalue weighted by Gasteiger charge is 2.12. The van der Waals surface area contributed by atoms with Gasteiger partial charge in [-0.3, -0.25) is 9.78 Å². The monoisotopic (exact) mass is 383 g/mol. The molecular formula is C23H21N5O. The molecule has 0 aliphatic carbocycles. The van der Waals surface area contributed by atoms with Gasteiger partial charge < -0.3 is 10.6 Å². The molecular weight excluding hydrogens is 362 g/mol. The first-order chi connectivity index (χ1) is 14.1. The average Bonchev–Trinajstić information content (AvgIpc) is 2.75. The number of amides is 1. The van der Waals surface area contributed by atoms with Crippen LogP contribution >= 0.6 is 0 Å². The van der Waals surface area contributed by atoms with Crippen LogP contribution in [0.4, 0.5) is 17.2 Å². The number of carbonyl (C=O) groups is 1. The van der Waals surface area contributed by atoms with Crippen molar-refractivity contribution in [2.45, 2.75) is 19.8 Å². The third-order valence-electron chi connectivity index (χ3n) is 4.62. The lowest BCUT2D eigenvalue weighted by molar-refractivity contribution is 0.102. The fourth-order valence-corrected chi connectivity index (χ4v) is 3.16. The van der Waals surface area contributed by atoms with Crippen LogP contribution in [0.5, 0.6) is 0 Å². The van der Waals surface area contributed by atoms with Gasteiger partial charge in [-0.15, -0.1) is 10.2 Å². The van der Waals surface area contributed by atoms with E-state index in [0.717, 1.165) is 16.6 Å². The highest BCUT2D eigenvalue weighted by molar-refractivity contribution is 6.07. The van der Waals surface area contributed by atoms with Gasteiger partial charge >= 0.3 is 0 Å². The zero-order valence-electron chi connectivity index (χ0n) is 16.3. The molecule has 144 valence electrons. The fraction of sp³-hybridized carbons (Fsp3) is 0.130. The number of benzene rings is 2. The number of aromatic nitrogens is 3. The molecule has 0 unspecified atom stereocenters. The van der Waals surface area contributed by atoms with Crippen LogP contribution < -0.4 is 10.6 Å². The molecule has 0 radical (unpaired) electrons. The highest BCUT2D eigenvalue weighted by Crippen LogP contribution is 2.26. The third kappa shape index (κ3) is 4.06. The van der Waals surface area contributed by atoms with Crippen molar-refractivity contribution in [1.29, 1.82) is 0 Å². The quantitative estimate of drug-likeness (QED) is 0.498. The van der Waals surface area contributed by atoms with E-state index in [0.29, 0.717) is 17.4 Å². The van der Waals surface area contributed by atoms with Crippen LogP contribution in [0.1, 0.15) is 35.8 Å². The SMILES string of the molecule is CC(C)c1ccccc1Nc1ccc(C(=O)Nc2cccc3cccnc23)nn1. The molecule has 2 aromatic carbocycles. The molecule has 4 rings (SSSR count). The van der Waals surface area contributed by atoms with Crippen LogP contribution in [0.15, 0.2) is 72.9 Å². The molecule has 0 atom stereocenters. The van der Waals surface area contributed by atoms with Gasteiger partial charge in [0, 0.05) is 17.3 Å². The van der Waals surface area contributed by atoms with Gasteiger partial charge in [-0.25, -0.2) is 0 Å². The van der Waals surface area contributed by atoms with Gasteiger partial charge in [0.1, 0.15) is 0 Å². The molecule has 1 amide bonds. The molecule has 0 aliphatic heterocycles. The third-order valence-corrected chi connectivity index (χ3v) is 4.62. The van der Waals surface area contributed by atoms with Gasteiger partial charge in [0.25, 0.3) is 5.91 Å². The number of rotatable bonds is 5. The van der Waals surface area contributed by atoms with E-state index in [-0.39, 0.29) is 11.6 Å². The second-order valence-corrected chi connectivity index (χ2v) is 7.01. The summed E-state index contributed by atoms with van der Waals surface area (Å²) in [6, 6.07) is 20.9. The molecule has 6 nitrogen and oxygen atoms in total. The normalized spacial score (nSPS) is 10.9. The molecule has 0 bridgehead atoms. The second-order valence-electron chi connectivity index (χ2n) is 7.01. The van der Waals surface area contributed by atoms with Crippen molar-refractivity contribution in [1.82, 2.24) is 15.2 Å². The molecule has 0 spiro atoms. The predicted octanol–water partition coefficient (Wildman–Crippen LogP) is 5.14. The summed E-state index contributed by atoms with van der Waals surface area (Å²) in [7, 11) is 0. The van der Waals surface area contributed by atoms with Gasteiger partial charge in [0.15, 0.2) is 11.5 Å². The van der Waals surface area contributed by atoms with E-state index >= 15 is 0 Å². The molecule has 0 saturated heterocycles. The number of hydrogen-bond donors (Lipinski definition) is 2. The Hall–Kier alpha value is -3.80. The maximum atomic E-state index is 12.6. The Balaban J connectivity index is 1.51. The maximum Gasteiger partial charge on any atom is 0.276 e. The summed E-state index contributed by atoms with van der Waals surface area (Å²) >= 11 is 0. The smallest absolute Gasteiger partial charge is 0.276 e. The van der Waals surface area contributed by atoms with E-state index in [2.05, 4.69) is 45.7 Å². The van der Waals surface area contributed by atoms with Gasteiger partial charge in [0.2, 0.25) is 0 Å². The van der Waals surface area contributed by atoms with E-state index in [4.69, 9.17) is 0 Å². The summed E-state index contributed by atoms with van der Waals surface area (Å²) in [6.45, 7) is 4.28. The second kappa shape index (κ2) is 8.06. The largest absolute Gasteiger partial charge is 0.338 e. The van der Waals surface area contributed by atoms with Crippen LogP contribution in [0.2, 0.25) is 0 Å². The van der Waals surface area contributed by atoms with Crippen LogP contribution in [0, 0.1) is 0 Å². The van der Waals surface area contributed by atoms with Crippen molar-refractivity contribution >= 4 is 34.0 Å². The van der Waals surface area contributed by atoms with Crippen molar-refractivity contribution in [2.75, 3.05) is 10.6 Å². The number of fused-ring (bicyclic) bond motifs is 1. The van der Waals surface area contributed by atoms with Crippen LogP contribution in [0.3, 0.4) is 0 Å².